The van der Waals surface area contributed by atoms with Crippen LogP contribution in [0.25, 0.3) is 22.2 Å². The number of pyridine rings is 1. The highest BCUT2D eigenvalue weighted by molar-refractivity contribution is 5.92. The maximum atomic E-state index is 14.4. The molecule has 3 heterocycles. The number of carbonyl (C=O) groups excluding carboxylic acids is 3. The summed E-state index contributed by atoms with van der Waals surface area (Å²) in [6.45, 7) is 5.71. The molecule has 1 saturated heterocycles. The van der Waals surface area contributed by atoms with Crippen molar-refractivity contribution in [3.63, 3.8) is 0 Å². The maximum absolute atomic E-state index is 14.4. The van der Waals surface area contributed by atoms with Crippen LogP contribution >= 0.6 is 0 Å². The van der Waals surface area contributed by atoms with Gasteiger partial charge in [0, 0.05) is 41.5 Å². The summed E-state index contributed by atoms with van der Waals surface area (Å²) >= 11 is 0. The monoisotopic (exact) mass is 653 g/mol. The second-order valence-corrected chi connectivity index (χ2v) is 14.3. The van der Waals surface area contributed by atoms with E-state index in [4.69, 9.17) is 19.2 Å². The van der Waals surface area contributed by atoms with Gasteiger partial charge in [0.25, 0.3) is 0 Å². The first kappa shape index (κ1) is 33.5. The van der Waals surface area contributed by atoms with Crippen LogP contribution in [0.2, 0.25) is 0 Å². The Bertz CT molecular complexity index is 1670. The number of nitrogens with zero attached hydrogens (tertiary/aromatic N) is 2. The van der Waals surface area contributed by atoms with Gasteiger partial charge >= 0.3 is 5.97 Å². The van der Waals surface area contributed by atoms with Crippen molar-refractivity contribution < 1.29 is 28.6 Å². The van der Waals surface area contributed by atoms with Crippen LogP contribution in [0.4, 0.5) is 0 Å². The van der Waals surface area contributed by atoms with E-state index < -0.39 is 29.6 Å². The Morgan fingerprint density at radius 3 is 2.60 bits per heavy atom. The van der Waals surface area contributed by atoms with Gasteiger partial charge in [-0.1, -0.05) is 55.3 Å². The molecule has 9 heteroatoms. The van der Waals surface area contributed by atoms with Gasteiger partial charge in [0.2, 0.25) is 11.8 Å². The van der Waals surface area contributed by atoms with Crippen molar-refractivity contribution in [3.05, 3.63) is 66.7 Å². The largest absolute Gasteiger partial charge is 0.497 e. The fourth-order valence-electron chi connectivity index (χ4n) is 6.82. The fourth-order valence-corrected chi connectivity index (χ4v) is 6.82. The smallest absolute Gasteiger partial charge is 0.307 e. The molecule has 6 rings (SSSR count). The molecule has 0 unspecified atom stereocenters. The van der Waals surface area contributed by atoms with Gasteiger partial charge < -0.3 is 24.4 Å². The van der Waals surface area contributed by atoms with Crippen molar-refractivity contribution in [2.45, 2.75) is 95.9 Å². The van der Waals surface area contributed by atoms with Crippen LogP contribution < -0.4 is 14.8 Å². The summed E-state index contributed by atoms with van der Waals surface area (Å²) in [6.07, 6.45) is 9.53. The summed E-state index contributed by atoms with van der Waals surface area (Å²) in [6, 6.07) is 16.9. The summed E-state index contributed by atoms with van der Waals surface area (Å²) in [4.78, 5) is 47.8. The quantitative estimate of drug-likeness (QED) is 0.235. The number of rotatable bonds is 6. The summed E-state index contributed by atoms with van der Waals surface area (Å²) in [5.74, 6) is 0.291. The van der Waals surface area contributed by atoms with Crippen molar-refractivity contribution in [2.24, 2.45) is 11.8 Å². The van der Waals surface area contributed by atoms with E-state index in [1.54, 1.807) is 12.0 Å². The minimum atomic E-state index is -0.708. The van der Waals surface area contributed by atoms with E-state index in [-0.39, 0.29) is 30.8 Å². The molecule has 1 saturated carbocycles. The van der Waals surface area contributed by atoms with Crippen molar-refractivity contribution in [3.8, 4) is 22.8 Å². The van der Waals surface area contributed by atoms with Crippen LogP contribution in [-0.4, -0.2) is 65.1 Å². The molecule has 1 aromatic heterocycles. The minimum absolute atomic E-state index is 0.0195. The number of allylic oxidation sites excluding steroid dienone is 1. The molecule has 2 aliphatic heterocycles. The lowest BCUT2D eigenvalue weighted by Crippen LogP contribution is -2.49. The van der Waals surface area contributed by atoms with E-state index in [0.717, 1.165) is 54.3 Å². The number of benzene rings is 2. The second-order valence-electron chi connectivity index (χ2n) is 14.3. The standard InChI is InChI=1S/C39H47N3O6/c1-39(2,3)48-36(43)20-27-16-10-7-5-6-9-15-26-19-31(26)41-37(44)34-22-29(24-42(34)38(27)45)47-35-23-32(25-13-11-8-12-14-25)40-33-21-28(46-4)17-18-30(33)35/h8-9,11-15,17-18,21,23,26-27,29,31,34H,5-7,10,16,19-20,22,24H2,1-4H3,(H,41,44)/b15-9-/t26-,27+,29+,31-,34-/m0/s1. The topological polar surface area (TPSA) is 107 Å². The van der Waals surface area contributed by atoms with Crippen LogP contribution in [0, 0.1) is 11.8 Å². The van der Waals surface area contributed by atoms with Crippen LogP contribution in [0.15, 0.2) is 66.7 Å². The molecule has 3 aromatic rings. The van der Waals surface area contributed by atoms with Gasteiger partial charge in [0.1, 0.15) is 29.2 Å². The average molecular weight is 654 g/mol. The third-order valence-electron chi connectivity index (χ3n) is 9.35. The first-order valence-electron chi connectivity index (χ1n) is 17.3. The molecule has 3 aliphatic rings. The Hall–Kier alpha value is -4.40. The fraction of sp³-hybridized carbons (Fsp3) is 0.487. The Morgan fingerprint density at radius 1 is 1.02 bits per heavy atom. The summed E-state index contributed by atoms with van der Waals surface area (Å²) in [5, 5.41) is 4.02. The number of ether oxygens (including phenoxy) is 3. The number of esters is 1. The van der Waals surface area contributed by atoms with Gasteiger partial charge in [-0.25, -0.2) is 4.98 Å². The van der Waals surface area contributed by atoms with Gasteiger partial charge in [-0.05, 0) is 64.5 Å². The van der Waals surface area contributed by atoms with Crippen molar-refractivity contribution in [1.29, 1.82) is 0 Å². The van der Waals surface area contributed by atoms with Gasteiger partial charge in [-0.3, -0.25) is 14.4 Å². The summed E-state index contributed by atoms with van der Waals surface area (Å²) in [5.41, 5.74) is 1.76. The highest BCUT2D eigenvalue weighted by Gasteiger charge is 2.46. The lowest BCUT2D eigenvalue weighted by atomic mass is 9.95. The van der Waals surface area contributed by atoms with Gasteiger partial charge in [0.15, 0.2) is 0 Å². The zero-order chi connectivity index (χ0) is 33.8. The number of hydrogen-bond acceptors (Lipinski definition) is 7. The van der Waals surface area contributed by atoms with Gasteiger partial charge in [-0.2, -0.15) is 0 Å². The lowest BCUT2D eigenvalue weighted by Gasteiger charge is -2.28. The van der Waals surface area contributed by atoms with E-state index >= 15 is 0 Å². The normalized spacial score (nSPS) is 25.6. The molecule has 9 nitrogen and oxygen atoms in total. The highest BCUT2D eigenvalue weighted by Crippen LogP contribution is 2.37. The number of amides is 2. The molecule has 2 fully saturated rings. The summed E-state index contributed by atoms with van der Waals surface area (Å²) in [7, 11) is 1.62. The average Bonchev–Trinajstić information content (AvgIpc) is 3.65. The molecular formula is C39H47N3O6. The zero-order valence-corrected chi connectivity index (χ0v) is 28.4. The van der Waals surface area contributed by atoms with Crippen LogP contribution in [-0.2, 0) is 19.1 Å². The van der Waals surface area contributed by atoms with Crippen LogP contribution in [0.3, 0.4) is 0 Å². The van der Waals surface area contributed by atoms with Gasteiger partial charge in [-0.15, -0.1) is 0 Å². The van der Waals surface area contributed by atoms with Crippen molar-refractivity contribution in [1.82, 2.24) is 15.2 Å². The number of nitrogens with one attached hydrogen (secondary N) is 1. The highest BCUT2D eigenvalue weighted by atomic mass is 16.6. The molecule has 0 spiro atoms. The third kappa shape index (κ3) is 8.17. The molecule has 2 aromatic carbocycles. The van der Waals surface area contributed by atoms with Crippen LogP contribution in [0.1, 0.15) is 72.1 Å². The minimum Gasteiger partial charge on any atom is -0.497 e. The zero-order valence-electron chi connectivity index (χ0n) is 28.4. The predicted molar refractivity (Wildman–Crippen MR) is 184 cm³/mol. The number of fused-ring (bicyclic) bond motifs is 3. The van der Waals surface area contributed by atoms with E-state index in [0.29, 0.717) is 30.3 Å². The second kappa shape index (κ2) is 14.4. The van der Waals surface area contributed by atoms with E-state index in [1.807, 2.05) is 75.4 Å². The molecule has 5 atom stereocenters. The molecule has 2 amide bonds. The molecule has 1 N–H and O–H groups in total. The van der Waals surface area contributed by atoms with Crippen molar-refractivity contribution >= 4 is 28.7 Å². The number of aromatic nitrogens is 1. The Labute approximate surface area is 283 Å². The molecule has 254 valence electrons. The number of methoxy groups -OCH3 is 1. The molecule has 1 aliphatic carbocycles. The molecule has 48 heavy (non-hydrogen) atoms. The first-order chi connectivity index (χ1) is 23.1. The maximum Gasteiger partial charge on any atom is 0.307 e. The third-order valence-corrected chi connectivity index (χ3v) is 9.35. The summed E-state index contributed by atoms with van der Waals surface area (Å²) < 4.78 is 17.8. The Balaban J connectivity index is 1.30. The Kier molecular flexibility index (Phi) is 10.0. The SMILES string of the molecule is COc1ccc2c(O[C@@H]3C[C@H]4C(=O)N[C@H]5C[C@@H]5/C=C\CCCCC[C@H](CC(=O)OC(C)(C)C)C(=O)N4C3)cc(-c3ccccc3)nc2c1. The molecule has 0 radical (unpaired) electrons. The molecular weight excluding hydrogens is 606 g/mol. The van der Waals surface area contributed by atoms with E-state index in [9.17, 15) is 14.4 Å². The number of carbonyl (C=O) groups is 3. The first-order valence-corrected chi connectivity index (χ1v) is 17.3. The number of hydrogen-bond donors (Lipinski definition) is 1. The van der Waals surface area contributed by atoms with Crippen molar-refractivity contribution in [2.75, 3.05) is 13.7 Å². The Morgan fingerprint density at radius 2 is 1.83 bits per heavy atom. The predicted octanol–water partition coefficient (Wildman–Crippen LogP) is 6.63. The lowest BCUT2D eigenvalue weighted by molar-refractivity contribution is -0.159. The van der Waals surface area contributed by atoms with Crippen LogP contribution in [0.5, 0.6) is 11.5 Å². The van der Waals surface area contributed by atoms with Gasteiger partial charge in [0.05, 0.1) is 31.3 Å². The van der Waals surface area contributed by atoms with E-state index in [2.05, 4.69) is 17.5 Å². The van der Waals surface area contributed by atoms with E-state index in [1.165, 1.54) is 0 Å². The molecule has 0 bridgehead atoms.